The van der Waals surface area contributed by atoms with Gasteiger partial charge in [-0.05, 0) is 6.07 Å². The van der Waals surface area contributed by atoms with Crippen LogP contribution in [-0.2, 0) is 11.3 Å². The molecule has 0 aliphatic heterocycles. The van der Waals surface area contributed by atoms with Gasteiger partial charge in [-0.1, -0.05) is 25.2 Å². The topological polar surface area (TPSA) is 78.3 Å². The number of carbonyl (C=O) groups excluding carboxylic acids is 1. The molecule has 3 rings (SSSR count). The number of nitrogens with zero attached hydrogens (tertiary/aromatic N) is 3. The van der Waals surface area contributed by atoms with E-state index < -0.39 is 0 Å². The van der Waals surface area contributed by atoms with Gasteiger partial charge in [0, 0.05) is 29.6 Å². The third kappa shape index (κ3) is 3.58. The first kappa shape index (κ1) is 17.2. The quantitative estimate of drug-likeness (QED) is 0.730. The number of amides is 1. The number of anilines is 1. The molecule has 25 heavy (non-hydrogen) atoms. The van der Waals surface area contributed by atoms with Gasteiger partial charge in [-0.3, -0.25) is 10.1 Å². The fourth-order valence-electron chi connectivity index (χ4n) is 2.49. The van der Waals surface area contributed by atoms with Crippen molar-refractivity contribution in [2.24, 2.45) is 0 Å². The first-order valence-corrected chi connectivity index (χ1v) is 8.67. The second kappa shape index (κ2) is 7.10. The van der Waals surface area contributed by atoms with Crippen molar-refractivity contribution in [3.8, 4) is 11.5 Å². The van der Waals surface area contributed by atoms with Crippen molar-refractivity contribution in [1.82, 2.24) is 14.8 Å². The predicted octanol–water partition coefficient (Wildman–Crippen LogP) is 3.27. The number of fused-ring (bicyclic) bond motifs is 1. The molecule has 0 aliphatic carbocycles. The SMILES string of the molecule is COc1cc(OC)c2ccn(CC(=O)Nc3nnc(C(C)C)s3)c2c1. The van der Waals surface area contributed by atoms with Crippen molar-refractivity contribution in [2.45, 2.75) is 26.3 Å². The standard InChI is InChI=1S/C17H20N4O3S/c1-10(2)16-19-20-17(25-16)18-15(22)9-21-6-5-12-13(21)7-11(23-3)8-14(12)24-4/h5-8,10H,9H2,1-4H3,(H,18,20,22). The van der Waals surface area contributed by atoms with E-state index in [1.165, 1.54) is 11.3 Å². The average Bonchev–Trinajstić information content (AvgIpc) is 3.21. The summed E-state index contributed by atoms with van der Waals surface area (Å²) in [6.07, 6.45) is 1.85. The second-order valence-electron chi connectivity index (χ2n) is 5.85. The number of rotatable bonds is 6. The van der Waals surface area contributed by atoms with Crippen LogP contribution in [0.15, 0.2) is 24.4 Å². The van der Waals surface area contributed by atoms with E-state index in [2.05, 4.69) is 15.5 Å². The Morgan fingerprint density at radius 1 is 1.28 bits per heavy atom. The zero-order valence-electron chi connectivity index (χ0n) is 14.6. The maximum absolute atomic E-state index is 12.4. The average molecular weight is 360 g/mol. The Labute approximate surface area is 149 Å². The minimum atomic E-state index is -0.161. The lowest BCUT2D eigenvalue weighted by molar-refractivity contribution is -0.116. The van der Waals surface area contributed by atoms with Crippen LogP contribution in [0.25, 0.3) is 10.9 Å². The first-order valence-electron chi connectivity index (χ1n) is 7.86. The summed E-state index contributed by atoms with van der Waals surface area (Å²) < 4.78 is 12.6. The van der Waals surface area contributed by atoms with Crippen molar-refractivity contribution in [3.05, 3.63) is 29.4 Å². The molecule has 7 nitrogen and oxygen atoms in total. The summed E-state index contributed by atoms with van der Waals surface area (Å²) in [5.41, 5.74) is 0.867. The summed E-state index contributed by atoms with van der Waals surface area (Å²) >= 11 is 1.39. The highest BCUT2D eigenvalue weighted by Gasteiger charge is 2.14. The molecule has 0 unspecified atom stereocenters. The molecule has 0 aliphatic rings. The highest BCUT2D eigenvalue weighted by molar-refractivity contribution is 7.15. The van der Waals surface area contributed by atoms with E-state index in [4.69, 9.17) is 9.47 Å². The summed E-state index contributed by atoms with van der Waals surface area (Å²) in [4.78, 5) is 12.4. The van der Waals surface area contributed by atoms with Gasteiger partial charge in [-0.25, -0.2) is 0 Å². The summed E-state index contributed by atoms with van der Waals surface area (Å²) in [6, 6.07) is 5.62. The van der Waals surface area contributed by atoms with E-state index in [-0.39, 0.29) is 18.4 Å². The largest absolute Gasteiger partial charge is 0.497 e. The van der Waals surface area contributed by atoms with Crippen LogP contribution in [0.2, 0.25) is 0 Å². The molecule has 0 radical (unpaired) electrons. The Bertz CT molecular complexity index is 901. The molecule has 1 N–H and O–H groups in total. The van der Waals surface area contributed by atoms with Crippen LogP contribution >= 0.6 is 11.3 Å². The molecule has 0 atom stereocenters. The number of hydrogen-bond donors (Lipinski definition) is 1. The predicted molar refractivity (Wildman–Crippen MR) is 97.7 cm³/mol. The second-order valence-corrected chi connectivity index (χ2v) is 6.86. The summed E-state index contributed by atoms with van der Waals surface area (Å²) in [6.45, 7) is 4.24. The number of benzene rings is 1. The molecule has 0 saturated heterocycles. The van der Waals surface area contributed by atoms with Crippen LogP contribution in [-0.4, -0.2) is 34.9 Å². The van der Waals surface area contributed by atoms with Gasteiger partial charge < -0.3 is 14.0 Å². The lowest BCUT2D eigenvalue weighted by atomic mass is 10.2. The Balaban J connectivity index is 1.81. The van der Waals surface area contributed by atoms with E-state index in [9.17, 15) is 4.79 Å². The molecule has 2 aromatic heterocycles. The Hall–Kier alpha value is -2.61. The van der Waals surface area contributed by atoms with E-state index in [0.29, 0.717) is 16.6 Å². The minimum absolute atomic E-state index is 0.161. The lowest BCUT2D eigenvalue weighted by Gasteiger charge is -2.09. The van der Waals surface area contributed by atoms with Crippen LogP contribution < -0.4 is 14.8 Å². The molecular formula is C17H20N4O3S. The number of nitrogens with one attached hydrogen (secondary N) is 1. The molecule has 0 fully saturated rings. The third-order valence-electron chi connectivity index (χ3n) is 3.77. The molecule has 3 aromatic rings. The van der Waals surface area contributed by atoms with Crippen LogP contribution in [0.5, 0.6) is 11.5 Å². The third-order valence-corrected chi connectivity index (χ3v) is 4.91. The van der Waals surface area contributed by atoms with Crippen molar-refractivity contribution >= 4 is 33.3 Å². The number of carbonyl (C=O) groups is 1. The first-order chi connectivity index (χ1) is 12.0. The molecule has 0 spiro atoms. The van der Waals surface area contributed by atoms with Gasteiger partial charge in [-0.2, -0.15) is 0 Å². The maximum atomic E-state index is 12.4. The summed E-state index contributed by atoms with van der Waals surface area (Å²) in [5, 5.41) is 13.2. The Kier molecular flexibility index (Phi) is 4.89. The molecular weight excluding hydrogens is 340 g/mol. The van der Waals surface area contributed by atoms with Gasteiger partial charge in [0.2, 0.25) is 11.0 Å². The summed E-state index contributed by atoms with van der Waals surface area (Å²) in [7, 11) is 3.21. The molecule has 2 heterocycles. The molecule has 1 amide bonds. The number of methoxy groups -OCH3 is 2. The van der Waals surface area contributed by atoms with E-state index in [1.54, 1.807) is 14.2 Å². The Morgan fingerprint density at radius 2 is 2.08 bits per heavy atom. The van der Waals surface area contributed by atoms with Crippen LogP contribution in [0.3, 0.4) is 0 Å². The van der Waals surface area contributed by atoms with E-state index >= 15 is 0 Å². The highest BCUT2D eigenvalue weighted by atomic mass is 32.1. The molecule has 1 aromatic carbocycles. The van der Waals surface area contributed by atoms with Gasteiger partial charge in [0.15, 0.2) is 0 Å². The maximum Gasteiger partial charge on any atom is 0.246 e. The van der Waals surface area contributed by atoms with Crippen molar-refractivity contribution in [2.75, 3.05) is 19.5 Å². The van der Waals surface area contributed by atoms with Gasteiger partial charge in [0.25, 0.3) is 0 Å². The minimum Gasteiger partial charge on any atom is -0.497 e. The zero-order chi connectivity index (χ0) is 18.0. The molecule has 0 saturated carbocycles. The number of ether oxygens (including phenoxy) is 2. The number of hydrogen-bond acceptors (Lipinski definition) is 6. The van der Waals surface area contributed by atoms with Crippen molar-refractivity contribution in [3.63, 3.8) is 0 Å². The van der Waals surface area contributed by atoms with Gasteiger partial charge in [-0.15, -0.1) is 10.2 Å². The fourth-order valence-corrected chi connectivity index (χ4v) is 3.26. The molecule has 0 bridgehead atoms. The van der Waals surface area contributed by atoms with E-state index in [1.807, 2.05) is 42.8 Å². The number of aromatic nitrogens is 3. The van der Waals surface area contributed by atoms with Gasteiger partial charge in [0.05, 0.1) is 19.7 Å². The van der Waals surface area contributed by atoms with Crippen LogP contribution in [0.4, 0.5) is 5.13 Å². The molecule has 132 valence electrons. The van der Waals surface area contributed by atoms with Crippen molar-refractivity contribution in [1.29, 1.82) is 0 Å². The van der Waals surface area contributed by atoms with Crippen LogP contribution in [0.1, 0.15) is 24.8 Å². The normalized spacial score (nSPS) is 11.1. The Morgan fingerprint density at radius 3 is 2.72 bits per heavy atom. The van der Waals surface area contributed by atoms with Crippen molar-refractivity contribution < 1.29 is 14.3 Å². The van der Waals surface area contributed by atoms with Gasteiger partial charge in [0.1, 0.15) is 23.1 Å². The smallest absolute Gasteiger partial charge is 0.246 e. The van der Waals surface area contributed by atoms with Gasteiger partial charge >= 0.3 is 0 Å². The monoisotopic (exact) mass is 360 g/mol. The van der Waals surface area contributed by atoms with Crippen LogP contribution in [0, 0.1) is 0 Å². The highest BCUT2D eigenvalue weighted by Crippen LogP contribution is 2.32. The fraction of sp³-hybridized carbons (Fsp3) is 0.353. The zero-order valence-corrected chi connectivity index (χ0v) is 15.4. The summed E-state index contributed by atoms with van der Waals surface area (Å²) in [5.74, 6) is 1.51. The molecule has 8 heteroatoms. The van der Waals surface area contributed by atoms with E-state index in [0.717, 1.165) is 15.9 Å². The lowest BCUT2D eigenvalue weighted by Crippen LogP contribution is -2.18.